The number of anilines is 1. The van der Waals surface area contributed by atoms with Crippen LogP contribution < -0.4 is 10.6 Å². The van der Waals surface area contributed by atoms with Gasteiger partial charge in [0.1, 0.15) is 0 Å². The molecule has 1 atom stereocenters. The summed E-state index contributed by atoms with van der Waals surface area (Å²) in [6.07, 6.45) is 2.03. The Morgan fingerprint density at radius 2 is 2.42 bits per heavy atom. The summed E-state index contributed by atoms with van der Waals surface area (Å²) in [6.45, 7) is 2.67. The van der Waals surface area contributed by atoms with Crippen molar-refractivity contribution in [2.45, 2.75) is 25.8 Å². The fraction of sp³-hybridized carbons (Fsp3) is 0.455. The van der Waals surface area contributed by atoms with Gasteiger partial charge in [-0.2, -0.15) is 0 Å². The van der Waals surface area contributed by atoms with Crippen LogP contribution in [0.4, 0.5) is 6.01 Å². The molecule has 19 heavy (non-hydrogen) atoms. The Morgan fingerprint density at radius 3 is 3.11 bits per heavy atom. The molecule has 0 radical (unpaired) electrons. The van der Waals surface area contributed by atoms with E-state index in [2.05, 4.69) is 26.0 Å². The Labute approximate surface area is 108 Å². The third kappa shape index (κ3) is 2.48. The Morgan fingerprint density at radius 1 is 1.53 bits per heavy atom. The second kappa shape index (κ2) is 4.81. The summed E-state index contributed by atoms with van der Waals surface area (Å²) in [5.41, 5.74) is 0.631. The van der Waals surface area contributed by atoms with Crippen LogP contribution in [0.5, 0.6) is 0 Å². The van der Waals surface area contributed by atoms with Crippen molar-refractivity contribution in [1.29, 1.82) is 0 Å². The molecular weight excluding hydrogens is 250 g/mol. The minimum Gasteiger partial charge on any atom is -0.406 e. The van der Waals surface area contributed by atoms with Gasteiger partial charge in [-0.3, -0.25) is 10.1 Å². The Kier molecular flexibility index (Phi) is 3.00. The fourth-order valence-corrected chi connectivity index (χ4v) is 1.95. The minimum absolute atomic E-state index is 0.0581. The number of hydrogen-bond acceptors (Lipinski definition) is 7. The van der Waals surface area contributed by atoms with Crippen LogP contribution >= 0.6 is 0 Å². The largest absolute Gasteiger partial charge is 0.406 e. The Bertz CT molecular complexity index is 585. The molecule has 0 bridgehead atoms. The summed E-state index contributed by atoms with van der Waals surface area (Å²) in [5, 5.41) is 17.0. The van der Waals surface area contributed by atoms with Crippen LogP contribution in [0.15, 0.2) is 15.0 Å². The predicted octanol–water partition coefficient (Wildman–Crippen LogP) is 1.04. The first kappa shape index (κ1) is 11.8. The molecule has 2 aromatic heterocycles. The zero-order valence-corrected chi connectivity index (χ0v) is 10.3. The van der Waals surface area contributed by atoms with Crippen molar-refractivity contribution >= 4 is 11.9 Å². The van der Waals surface area contributed by atoms with Crippen LogP contribution in [0.1, 0.15) is 41.0 Å². The van der Waals surface area contributed by atoms with Crippen molar-refractivity contribution in [2.24, 2.45) is 0 Å². The van der Waals surface area contributed by atoms with Crippen molar-refractivity contribution < 1.29 is 13.7 Å². The zero-order chi connectivity index (χ0) is 13.2. The lowest BCUT2D eigenvalue weighted by Gasteiger charge is -2.02. The van der Waals surface area contributed by atoms with Gasteiger partial charge >= 0.3 is 6.01 Å². The maximum atomic E-state index is 11.8. The molecule has 1 amide bonds. The van der Waals surface area contributed by atoms with Gasteiger partial charge in [-0.05, 0) is 26.3 Å². The zero-order valence-electron chi connectivity index (χ0n) is 10.3. The molecule has 2 N–H and O–H groups in total. The molecule has 0 aliphatic carbocycles. The highest BCUT2D eigenvalue weighted by atomic mass is 16.5. The third-order valence-electron chi connectivity index (χ3n) is 2.87. The third-order valence-corrected chi connectivity index (χ3v) is 2.87. The first-order chi connectivity index (χ1) is 9.22. The molecule has 0 saturated carbocycles. The molecule has 2 aromatic rings. The van der Waals surface area contributed by atoms with Gasteiger partial charge in [-0.25, -0.2) is 0 Å². The van der Waals surface area contributed by atoms with Crippen LogP contribution in [0.25, 0.3) is 0 Å². The van der Waals surface area contributed by atoms with E-state index in [4.69, 9.17) is 8.94 Å². The second-order valence-corrected chi connectivity index (χ2v) is 4.38. The molecule has 100 valence electrons. The smallest absolute Gasteiger partial charge is 0.322 e. The standard InChI is InChI=1S/C11H13N5O3/c1-6-5-8(19-16-6)9(17)13-11-15-14-10(18-11)7-3-2-4-12-7/h5,7,12H,2-4H2,1H3,(H,13,15,17). The van der Waals surface area contributed by atoms with Crippen LogP contribution in [-0.2, 0) is 0 Å². The van der Waals surface area contributed by atoms with Crippen molar-refractivity contribution in [3.8, 4) is 0 Å². The van der Waals surface area contributed by atoms with E-state index >= 15 is 0 Å². The number of nitrogens with one attached hydrogen (secondary N) is 2. The quantitative estimate of drug-likeness (QED) is 0.852. The highest BCUT2D eigenvalue weighted by Crippen LogP contribution is 2.22. The van der Waals surface area contributed by atoms with Gasteiger partial charge in [0, 0.05) is 6.07 Å². The molecule has 0 aromatic carbocycles. The maximum Gasteiger partial charge on any atom is 0.322 e. The van der Waals surface area contributed by atoms with Crippen molar-refractivity contribution in [3.05, 3.63) is 23.4 Å². The summed E-state index contributed by atoms with van der Waals surface area (Å²) in [4.78, 5) is 11.8. The Balaban J connectivity index is 1.68. The molecular formula is C11H13N5O3. The number of carbonyl (C=O) groups excluding carboxylic acids is 1. The van der Waals surface area contributed by atoms with E-state index in [1.807, 2.05) is 0 Å². The van der Waals surface area contributed by atoms with Gasteiger partial charge < -0.3 is 14.3 Å². The van der Waals surface area contributed by atoms with Crippen LogP contribution in [0.3, 0.4) is 0 Å². The van der Waals surface area contributed by atoms with E-state index in [1.54, 1.807) is 6.92 Å². The van der Waals surface area contributed by atoms with Crippen molar-refractivity contribution in [3.63, 3.8) is 0 Å². The normalized spacial score (nSPS) is 18.7. The summed E-state index contributed by atoms with van der Waals surface area (Å²) in [7, 11) is 0. The number of aryl methyl sites for hydroxylation is 1. The molecule has 3 rings (SSSR count). The number of nitrogens with zero attached hydrogens (tertiary/aromatic N) is 3. The van der Waals surface area contributed by atoms with Gasteiger partial charge in [0.25, 0.3) is 5.91 Å². The number of hydrogen-bond donors (Lipinski definition) is 2. The molecule has 1 unspecified atom stereocenters. The van der Waals surface area contributed by atoms with E-state index in [1.165, 1.54) is 6.07 Å². The van der Waals surface area contributed by atoms with E-state index in [9.17, 15) is 4.79 Å². The molecule has 1 aliphatic heterocycles. The van der Waals surface area contributed by atoms with Crippen molar-refractivity contribution in [1.82, 2.24) is 20.7 Å². The second-order valence-electron chi connectivity index (χ2n) is 4.38. The highest BCUT2D eigenvalue weighted by molar-refractivity contribution is 6.00. The number of carbonyl (C=O) groups is 1. The molecule has 1 fully saturated rings. The highest BCUT2D eigenvalue weighted by Gasteiger charge is 2.23. The number of amides is 1. The van der Waals surface area contributed by atoms with E-state index < -0.39 is 5.91 Å². The monoisotopic (exact) mass is 263 g/mol. The molecule has 1 aliphatic rings. The van der Waals surface area contributed by atoms with Crippen molar-refractivity contribution in [2.75, 3.05) is 11.9 Å². The topological polar surface area (TPSA) is 106 Å². The average Bonchev–Trinajstić information content (AvgIpc) is 3.07. The lowest BCUT2D eigenvalue weighted by Crippen LogP contribution is -2.13. The minimum atomic E-state index is -0.463. The van der Waals surface area contributed by atoms with Gasteiger partial charge in [0.15, 0.2) is 0 Å². The molecule has 8 nitrogen and oxygen atoms in total. The lowest BCUT2D eigenvalue weighted by molar-refractivity contribution is 0.0984. The summed E-state index contributed by atoms with van der Waals surface area (Å²) < 4.78 is 10.2. The van der Waals surface area contributed by atoms with E-state index in [0.29, 0.717) is 11.6 Å². The first-order valence-corrected chi connectivity index (χ1v) is 6.04. The molecule has 1 saturated heterocycles. The summed E-state index contributed by atoms with van der Waals surface area (Å²) in [5.74, 6) is 0.132. The van der Waals surface area contributed by atoms with Crippen LogP contribution in [0.2, 0.25) is 0 Å². The number of aromatic nitrogens is 3. The summed E-state index contributed by atoms with van der Waals surface area (Å²) in [6, 6.07) is 1.67. The van der Waals surface area contributed by atoms with Gasteiger partial charge in [-0.15, -0.1) is 5.10 Å². The molecule has 0 spiro atoms. The maximum absolute atomic E-state index is 11.8. The average molecular weight is 263 g/mol. The van der Waals surface area contributed by atoms with E-state index in [-0.39, 0.29) is 17.8 Å². The van der Waals surface area contributed by atoms with Gasteiger partial charge in [-0.1, -0.05) is 10.3 Å². The van der Waals surface area contributed by atoms with E-state index in [0.717, 1.165) is 19.4 Å². The molecule has 8 heteroatoms. The SMILES string of the molecule is Cc1cc(C(=O)Nc2nnc(C3CCCN3)o2)on1. The Hall–Kier alpha value is -2.22. The summed E-state index contributed by atoms with van der Waals surface area (Å²) >= 11 is 0. The lowest BCUT2D eigenvalue weighted by atomic mass is 10.2. The van der Waals surface area contributed by atoms with Gasteiger partial charge in [0.05, 0.1) is 11.7 Å². The first-order valence-electron chi connectivity index (χ1n) is 6.04. The fourth-order valence-electron chi connectivity index (χ4n) is 1.95. The van der Waals surface area contributed by atoms with Crippen LogP contribution in [-0.4, -0.2) is 27.8 Å². The van der Waals surface area contributed by atoms with Gasteiger partial charge in [0.2, 0.25) is 11.7 Å². The molecule has 3 heterocycles. The predicted molar refractivity (Wildman–Crippen MR) is 63.5 cm³/mol. The van der Waals surface area contributed by atoms with Crippen LogP contribution in [0, 0.1) is 6.92 Å². The number of rotatable bonds is 3.